The van der Waals surface area contributed by atoms with Gasteiger partial charge in [-0.3, -0.25) is 9.78 Å². The second-order valence-corrected chi connectivity index (χ2v) is 5.69. The number of Topliss-reactive ketones (excluding diaryl/α,β-unsaturated/α-hetero) is 1. The van der Waals surface area contributed by atoms with Crippen LogP contribution in [0.5, 0.6) is 0 Å². The largest absolute Gasteiger partial charge is 0.291 e. The third-order valence-electron chi connectivity index (χ3n) is 2.96. The normalized spacial score (nSPS) is 12.0. The Morgan fingerprint density at radius 2 is 2.10 bits per heavy atom. The average molecular weight is 314 g/mol. The third kappa shape index (κ3) is 2.64. The van der Waals surface area contributed by atoms with E-state index in [2.05, 4.69) is 9.97 Å². The number of para-hydroxylation sites is 2. The number of benzene rings is 1. The van der Waals surface area contributed by atoms with Gasteiger partial charge in [0.1, 0.15) is 0 Å². The van der Waals surface area contributed by atoms with Crippen molar-refractivity contribution in [1.29, 1.82) is 5.26 Å². The fourth-order valence-electron chi connectivity index (χ4n) is 1.95. The lowest BCUT2D eigenvalue weighted by atomic mass is 10.0. The summed E-state index contributed by atoms with van der Waals surface area (Å²) in [5.41, 5.74) is 1.74. The van der Waals surface area contributed by atoms with Crippen molar-refractivity contribution in [2.45, 2.75) is 5.92 Å². The molecule has 2 heterocycles. The maximum Gasteiger partial charge on any atom is 0.196 e. The molecular formula is C15H8ClN3OS. The van der Waals surface area contributed by atoms with E-state index in [0.717, 1.165) is 5.52 Å². The van der Waals surface area contributed by atoms with Crippen molar-refractivity contribution in [3.05, 3.63) is 57.5 Å². The van der Waals surface area contributed by atoms with E-state index < -0.39 is 5.92 Å². The van der Waals surface area contributed by atoms with Crippen LogP contribution in [-0.4, -0.2) is 15.8 Å². The van der Waals surface area contributed by atoms with Gasteiger partial charge in [0.25, 0.3) is 0 Å². The summed E-state index contributed by atoms with van der Waals surface area (Å²) < 4.78 is 0. The molecule has 0 saturated heterocycles. The Kier molecular flexibility index (Phi) is 3.65. The molecule has 1 unspecified atom stereocenters. The summed E-state index contributed by atoms with van der Waals surface area (Å²) in [7, 11) is 0. The highest BCUT2D eigenvalue weighted by atomic mass is 35.5. The summed E-state index contributed by atoms with van der Waals surface area (Å²) in [6.45, 7) is 0. The molecule has 4 nitrogen and oxygen atoms in total. The summed E-state index contributed by atoms with van der Waals surface area (Å²) in [5, 5.41) is 11.5. The van der Waals surface area contributed by atoms with Crippen LogP contribution in [0.3, 0.4) is 0 Å². The molecule has 3 rings (SSSR count). The topological polar surface area (TPSA) is 66.6 Å². The van der Waals surface area contributed by atoms with Crippen LogP contribution in [0, 0.1) is 11.3 Å². The zero-order chi connectivity index (χ0) is 14.8. The molecular weight excluding hydrogens is 306 g/mol. The first-order valence-corrected chi connectivity index (χ1v) is 7.34. The molecule has 0 bridgehead atoms. The predicted octanol–water partition coefficient (Wildman–Crippen LogP) is 3.83. The maximum absolute atomic E-state index is 12.4. The standard InChI is InChI=1S/C15H8ClN3OS/c16-9-5-14(21-8-9)15(20)10(6-17)13-7-18-11-3-1-2-4-12(11)19-13/h1-5,7-8,10H. The average Bonchev–Trinajstić information content (AvgIpc) is 2.94. The molecule has 6 heteroatoms. The molecule has 3 aromatic rings. The van der Waals surface area contributed by atoms with Crippen LogP contribution in [0.25, 0.3) is 11.0 Å². The molecule has 1 atom stereocenters. The molecule has 0 aliphatic rings. The van der Waals surface area contributed by atoms with Crippen LogP contribution < -0.4 is 0 Å². The van der Waals surface area contributed by atoms with E-state index in [4.69, 9.17) is 11.6 Å². The van der Waals surface area contributed by atoms with Gasteiger partial charge in [-0.25, -0.2) is 4.98 Å². The van der Waals surface area contributed by atoms with E-state index in [1.807, 2.05) is 24.3 Å². The van der Waals surface area contributed by atoms with Gasteiger partial charge in [0.05, 0.1) is 38.9 Å². The van der Waals surface area contributed by atoms with E-state index in [1.165, 1.54) is 17.5 Å². The number of carbonyl (C=O) groups is 1. The van der Waals surface area contributed by atoms with E-state index in [-0.39, 0.29) is 5.78 Å². The molecule has 0 aliphatic heterocycles. The zero-order valence-corrected chi connectivity index (χ0v) is 12.2. The fraction of sp³-hybridized carbons (Fsp3) is 0.0667. The van der Waals surface area contributed by atoms with E-state index in [9.17, 15) is 10.1 Å². The number of hydrogen-bond acceptors (Lipinski definition) is 5. The Hall–Kier alpha value is -2.29. The lowest BCUT2D eigenvalue weighted by molar-refractivity contribution is 0.0981. The number of hydrogen-bond donors (Lipinski definition) is 0. The summed E-state index contributed by atoms with van der Waals surface area (Å²) in [4.78, 5) is 21.4. The van der Waals surface area contributed by atoms with Crippen molar-refractivity contribution in [3.63, 3.8) is 0 Å². The summed E-state index contributed by atoms with van der Waals surface area (Å²) in [6, 6.07) is 10.9. The first-order chi connectivity index (χ1) is 10.2. The lowest BCUT2D eigenvalue weighted by Gasteiger charge is -2.06. The fourth-order valence-corrected chi connectivity index (χ4v) is 3.00. The Balaban J connectivity index is 2.02. The van der Waals surface area contributed by atoms with Crippen LogP contribution in [0.1, 0.15) is 21.3 Å². The van der Waals surface area contributed by atoms with Crippen molar-refractivity contribution >= 4 is 39.8 Å². The molecule has 0 saturated carbocycles. The Labute approximate surface area is 129 Å². The van der Waals surface area contributed by atoms with Crippen LogP contribution in [0.2, 0.25) is 5.02 Å². The van der Waals surface area contributed by atoms with Crippen molar-refractivity contribution < 1.29 is 4.79 Å². The molecule has 2 aromatic heterocycles. The second kappa shape index (κ2) is 5.60. The molecule has 102 valence electrons. The van der Waals surface area contributed by atoms with Crippen molar-refractivity contribution in [2.24, 2.45) is 0 Å². The minimum atomic E-state index is -0.975. The van der Waals surface area contributed by atoms with E-state index in [1.54, 1.807) is 17.5 Å². The van der Waals surface area contributed by atoms with Crippen molar-refractivity contribution in [1.82, 2.24) is 9.97 Å². The number of ketones is 1. The monoisotopic (exact) mass is 313 g/mol. The Morgan fingerprint density at radius 3 is 2.76 bits per heavy atom. The van der Waals surface area contributed by atoms with Gasteiger partial charge in [-0.05, 0) is 18.2 Å². The first-order valence-electron chi connectivity index (χ1n) is 6.08. The zero-order valence-electron chi connectivity index (χ0n) is 10.7. The van der Waals surface area contributed by atoms with Gasteiger partial charge in [-0.1, -0.05) is 23.7 Å². The number of nitrogens with zero attached hydrogens (tertiary/aromatic N) is 3. The van der Waals surface area contributed by atoms with Crippen LogP contribution in [0.15, 0.2) is 41.9 Å². The van der Waals surface area contributed by atoms with Crippen LogP contribution in [-0.2, 0) is 0 Å². The highest BCUT2D eigenvalue weighted by molar-refractivity contribution is 7.12. The number of carbonyl (C=O) groups excluding carboxylic acids is 1. The minimum absolute atomic E-state index is 0.306. The van der Waals surface area contributed by atoms with Gasteiger partial charge in [-0.2, -0.15) is 5.26 Å². The van der Waals surface area contributed by atoms with Gasteiger partial charge >= 0.3 is 0 Å². The SMILES string of the molecule is N#CC(C(=O)c1cc(Cl)cs1)c1cnc2ccccc2n1. The quantitative estimate of drug-likeness (QED) is 0.689. The van der Waals surface area contributed by atoms with E-state index >= 15 is 0 Å². The molecule has 21 heavy (non-hydrogen) atoms. The summed E-state index contributed by atoms with van der Waals surface area (Å²) >= 11 is 7.04. The smallest absolute Gasteiger partial charge is 0.196 e. The van der Waals surface area contributed by atoms with Gasteiger partial charge in [-0.15, -0.1) is 11.3 Å². The second-order valence-electron chi connectivity index (χ2n) is 4.34. The van der Waals surface area contributed by atoms with Gasteiger partial charge in [0.15, 0.2) is 11.7 Å². The van der Waals surface area contributed by atoms with Crippen molar-refractivity contribution in [2.75, 3.05) is 0 Å². The number of rotatable bonds is 3. The molecule has 0 fully saturated rings. The Morgan fingerprint density at radius 1 is 1.33 bits per heavy atom. The predicted molar refractivity (Wildman–Crippen MR) is 81.6 cm³/mol. The summed E-state index contributed by atoms with van der Waals surface area (Å²) in [6.07, 6.45) is 1.48. The van der Waals surface area contributed by atoms with Crippen LogP contribution in [0.4, 0.5) is 0 Å². The molecule has 0 amide bonds. The number of fused-ring (bicyclic) bond motifs is 1. The number of aromatic nitrogens is 2. The Bertz CT molecular complexity index is 868. The molecule has 1 aromatic carbocycles. The van der Waals surface area contributed by atoms with Gasteiger partial charge in [0, 0.05) is 5.38 Å². The molecule has 0 aliphatic carbocycles. The number of nitriles is 1. The van der Waals surface area contributed by atoms with Crippen molar-refractivity contribution in [3.8, 4) is 6.07 Å². The lowest BCUT2D eigenvalue weighted by Crippen LogP contribution is -2.12. The highest BCUT2D eigenvalue weighted by Crippen LogP contribution is 2.26. The summed E-state index contributed by atoms with van der Waals surface area (Å²) in [5.74, 6) is -1.28. The molecule has 0 N–H and O–H groups in total. The molecule has 0 radical (unpaired) electrons. The maximum atomic E-state index is 12.4. The van der Waals surface area contributed by atoms with Crippen LogP contribution >= 0.6 is 22.9 Å². The number of thiophene rings is 1. The molecule has 0 spiro atoms. The minimum Gasteiger partial charge on any atom is -0.291 e. The van der Waals surface area contributed by atoms with Gasteiger partial charge < -0.3 is 0 Å². The number of halogens is 1. The first kappa shape index (κ1) is 13.7. The van der Waals surface area contributed by atoms with Gasteiger partial charge in [0.2, 0.25) is 0 Å². The highest BCUT2D eigenvalue weighted by Gasteiger charge is 2.25. The van der Waals surface area contributed by atoms with E-state index in [0.29, 0.717) is 21.1 Å². The third-order valence-corrected chi connectivity index (χ3v) is 4.26.